The van der Waals surface area contributed by atoms with Gasteiger partial charge in [0.15, 0.2) is 0 Å². The number of hydrogen-bond donors (Lipinski definition) is 1. The summed E-state index contributed by atoms with van der Waals surface area (Å²) in [5, 5.41) is 7.58. The second-order valence-corrected chi connectivity index (χ2v) is 6.31. The first kappa shape index (κ1) is 15.5. The van der Waals surface area contributed by atoms with E-state index in [0.29, 0.717) is 10.5 Å². The summed E-state index contributed by atoms with van der Waals surface area (Å²) in [7, 11) is 0. The molecule has 5 nitrogen and oxygen atoms in total. The number of nitrogens with one attached hydrogen (secondary N) is 1. The van der Waals surface area contributed by atoms with E-state index in [2.05, 4.69) is 38.2 Å². The van der Waals surface area contributed by atoms with Gasteiger partial charge < -0.3 is 5.32 Å². The van der Waals surface area contributed by atoms with Gasteiger partial charge in [0.05, 0.1) is 17.9 Å². The molecule has 1 fully saturated rings. The van der Waals surface area contributed by atoms with E-state index < -0.39 is 0 Å². The van der Waals surface area contributed by atoms with Gasteiger partial charge in [0, 0.05) is 12.6 Å². The molecule has 1 unspecified atom stereocenters. The van der Waals surface area contributed by atoms with Gasteiger partial charge in [0.2, 0.25) is 0 Å². The van der Waals surface area contributed by atoms with E-state index in [1.54, 1.807) is 6.20 Å². The number of rotatable bonds is 5. The number of aromatic nitrogens is 2. The fraction of sp³-hybridized carbons (Fsp3) is 0.714. The number of halogens is 1. The monoisotopic (exact) mass is 342 g/mol. The van der Waals surface area contributed by atoms with Gasteiger partial charge >= 0.3 is 0 Å². The zero-order chi connectivity index (χ0) is 14.7. The molecule has 0 spiro atoms. The summed E-state index contributed by atoms with van der Waals surface area (Å²) >= 11 is 3.39. The maximum Gasteiger partial charge on any atom is 0.283 e. The average Bonchev–Trinajstić information content (AvgIpc) is 2.87. The van der Waals surface area contributed by atoms with Gasteiger partial charge in [-0.25, -0.2) is 4.68 Å². The number of likely N-dealkylation sites (tertiary alicyclic amines) is 1. The Morgan fingerprint density at radius 2 is 2.30 bits per heavy atom. The summed E-state index contributed by atoms with van der Waals surface area (Å²) in [6, 6.07) is 0.623. The first-order valence-corrected chi connectivity index (χ1v) is 8.09. The number of hydrogen-bond acceptors (Lipinski definition) is 4. The molecular weight excluding hydrogens is 320 g/mol. The average molecular weight is 343 g/mol. The summed E-state index contributed by atoms with van der Waals surface area (Å²) in [5.74, 6) is 0. The smallest absolute Gasteiger partial charge is 0.283 e. The lowest BCUT2D eigenvalue weighted by Crippen LogP contribution is -2.35. The number of anilines is 1. The highest BCUT2D eigenvalue weighted by molar-refractivity contribution is 9.10. The van der Waals surface area contributed by atoms with Crippen LogP contribution in [-0.2, 0) is 0 Å². The van der Waals surface area contributed by atoms with Crippen LogP contribution in [-0.4, -0.2) is 40.4 Å². The van der Waals surface area contributed by atoms with Crippen LogP contribution in [0, 0.1) is 0 Å². The van der Waals surface area contributed by atoms with Crippen LogP contribution in [0.2, 0.25) is 0 Å². The highest BCUT2D eigenvalue weighted by Crippen LogP contribution is 2.20. The van der Waals surface area contributed by atoms with E-state index in [1.165, 1.54) is 24.1 Å². The van der Waals surface area contributed by atoms with Crippen molar-refractivity contribution in [1.82, 2.24) is 14.7 Å². The van der Waals surface area contributed by atoms with E-state index in [4.69, 9.17) is 0 Å². The molecule has 0 aliphatic carbocycles. The predicted octanol–water partition coefficient (Wildman–Crippen LogP) is 2.48. The summed E-state index contributed by atoms with van der Waals surface area (Å²) in [6.45, 7) is 9.22. The molecule has 112 valence electrons. The second kappa shape index (κ2) is 6.72. The molecule has 0 aromatic carbocycles. The highest BCUT2D eigenvalue weighted by Gasteiger charge is 2.23. The summed E-state index contributed by atoms with van der Waals surface area (Å²) in [5.41, 5.74) is 0.707. The first-order valence-electron chi connectivity index (χ1n) is 7.29. The van der Waals surface area contributed by atoms with Crippen molar-refractivity contribution in [3.63, 3.8) is 0 Å². The topological polar surface area (TPSA) is 50.2 Å². The van der Waals surface area contributed by atoms with Crippen LogP contribution in [0.5, 0.6) is 0 Å². The maximum absolute atomic E-state index is 12.2. The molecule has 2 heterocycles. The minimum Gasteiger partial charge on any atom is -0.381 e. The third-order valence-electron chi connectivity index (χ3n) is 3.87. The lowest BCUT2D eigenvalue weighted by molar-refractivity contribution is 0.277. The molecule has 1 aliphatic heterocycles. The molecule has 2 rings (SSSR count). The van der Waals surface area contributed by atoms with Crippen molar-refractivity contribution in [2.24, 2.45) is 0 Å². The van der Waals surface area contributed by atoms with Gasteiger partial charge in [-0.2, -0.15) is 5.10 Å². The Labute approximate surface area is 128 Å². The second-order valence-electron chi connectivity index (χ2n) is 5.52. The molecule has 6 heteroatoms. The fourth-order valence-corrected chi connectivity index (χ4v) is 3.13. The quantitative estimate of drug-likeness (QED) is 0.892. The molecule has 1 aliphatic rings. The lowest BCUT2D eigenvalue weighted by Gasteiger charge is -2.23. The van der Waals surface area contributed by atoms with Crippen molar-refractivity contribution in [2.45, 2.75) is 45.7 Å². The van der Waals surface area contributed by atoms with Crippen LogP contribution in [0.1, 0.15) is 39.7 Å². The standard InChI is InChI=1S/C14H23BrN4O/c1-4-18-7-5-6-11(18)8-16-12-9-17-19(10(2)3)14(20)13(12)15/h9-11,16H,4-8H2,1-3H3. The van der Waals surface area contributed by atoms with E-state index >= 15 is 0 Å². The van der Waals surface area contributed by atoms with Gasteiger partial charge in [-0.3, -0.25) is 9.69 Å². The maximum atomic E-state index is 12.2. The molecular formula is C14H23BrN4O. The van der Waals surface area contributed by atoms with Crippen LogP contribution in [0.15, 0.2) is 15.5 Å². The molecule has 1 aromatic rings. The van der Waals surface area contributed by atoms with Crippen molar-refractivity contribution >= 4 is 21.6 Å². The lowest BCUT2D eigenvalue weighted by atomic mass is 10.2. The number of nitrogens with zero attached hydrogens (tertiary/aromatic N) is 3. The van der Waals surface area contributed by atoms with Gasteiger partial charge in [0.1, 0.15) is 4.47 Å². The molecule has 0 radical (unpaired) electrons. The van der Waals surface area contributed by atoms with E-state index in [1.807, 2.05) is 13.8 Å². The normalized spacial score (nSPS) is 19.8. The first-order chi connectivity index (χ1) is 9.54. The Kier molecular flexibility index (Phi) is 5.21. The zero-order valence-electron chi connectivity index (χ0n) is 12.4. The molecule has 1 N–H and O–H groups in total. The highest BCUT2D eigenvalue weighted by atomic mass is 79.9. The van der Waals surface area contributed by atoms with Crippen molar-refractivity contribution in [2.75, 3.05) is 25.0 Å². The molecule has 0 amide bonds. The van der Waals surface area contributed by atoms with Gasteiger partial charge in [-0.15, -0.1) is 0 Å². The van der Waals surface area contributed by atoms with Crippen LogP contribution < -0.4 is 10.9 Å². The van der Waals surface area contributed by atoms with E-state index in [-0.39, 0.29) is 11.6 Å². The Hall–Kier alpha value is -0.880. The Morgan fingerprint density at radius 3 is 2.95 bits per heavy atom. The van der Waals surface area contributed by atoms with E-state index in [9.17, 15) is 4.79 Å². The van der Waals surface area contributed by atoms with Gasteiger partial charge in [-0.1, -0.05) is 6.92 Å². The Balaban J connectivity index is 2.07. The molecule has 20 heavy (non-hydrogen) atoms. The van der Waals surface area contributed by atoms with Crippen LogP contribution >= 0.6 is 15.9 Å². The van der Waals surface area contributed by atoms with Crippen molar-refractivity contribution < 1.29 is 0 Å². The summed E-state index contributed by atoms with van der Waals surface area (Å²) < 4.78 is 2.06. The summed E-state index contributed by atoms with van der Waals surface area (Å²) in [6.07, 6.45) is 4.21. The van der Waals surface area contributed by atoms with Crippen LogP contribution in [0.3, 0.4) is 0 Å². The third-order valence-corrected chi connectivity index (χ3v) is 4.63. The summed E-state index contributed by atoms with van der Waals surface area (Å²) in [4.78, 5) is 14.6. The van der Waals surface area contributed by atoms with Crippen molar-refractivity contribution in [3.8, 4) is 0 Å². The Morgan fingerprint density at radius 1 is 1.55 bits per heavy atom. The molecule has 1 saturated heterocycles. The molecule has 0 saturated carbocycles. The van der Waals surface area contributed by atoms with Crippen molar-refractivity contribution in [1.29, 1.82) is 0 Å². The van der Waals surface area contributed by atoms with Crippen molar-refractivity contribution in [3.05, 3.63) is 21.0 Å². The molecule has 1 atom stereocenters. The minimum atomic E-state index is -0.0798. The SMILES string of the molecule is CCN1CCCC1CNc1cnn(C(C)C)c(=O)c1Br. The molecule has 0 bridgehead atoms. The number of likely N-dealkylation sites (N-methyl/N-ethyl adjacent to an activating group) is 1. The van der Waals surface area contributed by atoms with Crippen LogP contribution in [0.4, 0.5) is 5.69 Å². The Bertz CT molecular complexity index is 514. The zero-order valence-corrected chi connectivity index (χ0v) is 14.0. The largest absolute Gasteiger partial charge is 0.381 e. The fourth-order valence-electron chi connectivity index (χ4n) is 2.71. The molecule has 1 aromatic heterocycles. The van der Waals surface area contributed by atoms with Gasteiger partial charge in [0.25, 0.3) is 5.56 Å². The third kappa shape index (κ3) is 3.23. The van der Waals surface area contributed by atoms with Crippen LogP contribution in [0.25, 0.3) is 0 Å². The minimum absolute atomic E-state index is 0.0678. The van der Waals surface area contributed by atoms with Gasteiger partial charge in [-0.05, 0) is 55.7 Å². The van der Waals surface area contributed by atoms with E-state index in [0.717, 1.165) is 18.8 Å². The predicted molar refractivity (Wildman–Crippen MR) is 85.3 cm³/mol.